The molecular formula is C37H45ClN2O6S. The molecule has 8 nitrogen and oxygen atoms in total. The quantitative estimate of drug-likeness (QED) is 0.245. The van der Waals surface area contributed by atoms with E-state index in [1.165, 1.54) is 11.1 Å². The van der Waals surface area contributed by atoms with E-state index in [1.807, 2.05) is 31.2 Å². The van der Waals surface area contributed by atoms with Gasteiger partial charge in [-0.05, 0) is 91.3 Å². The SMILES string of the molecule is COCC#CCO[C@H]1/C=C/[C@H](OC)[C@@H]2CC[C@H]2CN2C[C@@]3(CCCc4cc(Cl)ccc43)COc3ccc(cc32)C(=O)/N=[SH](=O)\C[C@H]1C. The number of rotatable bonds is 4. The second-order valence-corrected chi connectivity index (χ2v) is 15.1. The maximum Gasteiger partial charge on any atom is 0.284 e. The number of carbonyl (C=O) groups is 1. The topological polar surface area (TPSA) is 86.7 Å². The van der Waals surface area contributed by atoms with Gasteiger partial charge in [0.2, 0.25) is 0 Å². The molecule has 2 aromatic rings. The Kier molecular flexibility index (Phi) is 10.9. The highest BCUT2D eigenvalue weighted by molar-refractivity contribution is 7.75. The maximum atomic E-state index is 13.4. The third-order valence-electron chi connectivity index (χ3n) is 10.3. The van der Waals surface area contributed by atoms with Gasteiger partial charge in [-0.1, -0.05) is 48.6 Å². The van der Waals surface area contributed by atoms with Crippen LogP contribution in [-0.2, 0) is 36.6 Å². The highest BCUT2D eigenvalue weighted by atomic mass is 35.5. The molecule has 1 amide bonds. The van der Waals surface area contributed by atoms with Gasteiger partial charge < -0.3 is 23.8 Å². The number of anilines is 1. The third kappa shape index (κ3) is 7.58. The number of nitrogens with zero attached hydrogens (tertiary/aromatic N) is 2. The Morgan fingerprint density at radius 2 is 1.94 bits per heavy atom. The molecule has 47 heavy (non-hydrogen) atoms. The van der Waals surface area contributed by atoms with Crippen LogP contribution >= 0.6 is 11.6 Å². The van der Waals surface area contributed by atoms with Crippen molar-refractivity contribution >= 4 is 33.8 Å². The van der Waals surface area contributed by atoms with Gasteiger partial charge in [-0.3, -0.25) is 9.00 Å². The number of carbonyl (C=O) groups excluding carboxylic acids is 1. The van der Waals surface area contributed by atoms with Crippen LogP contribution in [0.25, 0.3) is 0 Å². The Labute approximate surface area is 285 Å². The van der Waals surface area contributed by atoms with E-state index >= 15 is 0 Å². The molecule has 0 aromatic heterocycles. The van der Waals surface area contributed by atoms with Crippen LogP contribution < -0.4 is 9.64 Å². The van der Waals surface area contributed by atoms with Crippen molar-refractivity contribution < 1.29 is 28.0 Å². The molecule has 2 aliphatic carbocycles. The van der Waals surface area contributed by atoms with Gasteiger partial charge in [-0.25, -0.2) is 0 Å². The van der Waals surface area contributed by atoms with Crippen LogP contribution in [0, 0.1) is 29.6 Å². The summed E-state index contributed by atoms with van der Waals surface area (Å²) in [6, 6.07) is 11.8. The normalized spacial score (nSPS) is 31.5. The summed E-state index contributed by atoms with van der Waals surface area (Å²) in [5.41, 5.74) is 3.66. The molecule has 0 saturated heterocycles. The highest BCUT2D eigenvalue weighted by Gasteiger charge is 2.44. The predicted molar refractivity (Wildman–Crippen MR) is 186 cm³/mol. The second-order valence-electron chi connectivity index (χ2n) is 13.4. The van der Waals surface area contributed by atoms with Crippen molar-refractivity contribution in [3.05, 3.63) is 70.3 Å². The van der Waals surface area contributed by atoms with Gasteiger partial charge in [0.05, 0.1) is 24.5 Å². The first-order chi connectivity index (χ1) is 22.8. The zero-order chi connectivity index (χ0) is 33.0. The van der Waals surface area contributed by atoms with E-state index in [-0.39, 0.29) is 35.9 Å². The molecule has 2 aliphatic heterocycles. The third-order valence-corrected chi connectivity index (χ3v) is 11.8. The van der Waals surface area contributed by atoms with E-state index in [0.29, 0.717) is 30.6 Å². The van der Waals surface area contributed by atoms with Crippen LogP contribution in [0.4, 0.5) is 5.69 Å². The van der Waals surface area contributed by atoms with Gasteiger partial charge in [0.15, 0.2) is 0 Å². The number of methoxy groups -OCH3 is 2. The van der Waals surface area contributed by atoms with E-state index in [0.717, 1.165) is 61.7 Å². The molecule has 2 heterocycles. The van der Waals surface area contributed by atoms with Crippen LogP contribution in [0.3, 0.4) is 0 Å². The number of ether oxygens (including phenoxy) is 4. The molecule has 1 saturated carbocycles. The van der Waals surface area contributed by atoms with Crippen LogP contribution in [0.2, 0.25) is 5.02 Å². The molecule has 6 rings (SSSR count). The van der Waals surface area contributed by atoms with Crippen molar-refractivity contribution in [2.45, 2.75) is 56.7 Å². The molecule has 1 unspecified atom stereocenters. The minimum Gasteiger partial charge on any atom is -0.490 e. The van der Waals surface area contributed by atoms with Crippen LogP contribution in [0.5, 0.6) is 5.75 Å². The fraction of sp³-hybridized carbons (Fsp3) is 0.541. The molecule has 0 radical (unpaired) electrons. The number of thiol groups is 1. The maximum absolute atomic E-state index is 13.4. The molecule has 252 valence electrons. The van der Waals surface area contributed by atoms with E-state index < -0.39 is 16.5 Å². The minimum absolute atomic E-state index is 0.0971. The zero-order valence-electron chi connectivity index (χ0n) is 27.5. The van der Waals surface area contributed by atoms with E-state index in [2.05, 4.69) is 39.3 Å². The fourth-order valence-electron chi connectivity index (χ4n) is 7.67. The Morgan fingerprint density at radius 1 is 1.11 bits per heavy atom. The lowest BCUT2D eigenvalue weighted by Gasteiger charge is -2.46. The van der Waals surface area contributed by atoms with Gasteiger partial charge >= 0.3 is 0 Å². The van der Waals surface area contributed by atoms with E-state index in [4.69, 9.17) is 30.5 Å². The van der Waals surface area contributed by atoms with Gasteiger partial charge in [0.1, 0.15) is 19.0 Å². The first-order valence-corrected chi connectivity index (χ1v) is 18.4. The summed E-state index contributed by atoms with van der Waals surface area (Å²) in [5.74, 6) is 6.89. The first kappa shape index (κ1) is 34.0. The zero-order valence-corrected chi connectivity index (χ0v) is 29.1. The monoisotopic (exact) mass is 680 g/mol. The van der Waals surface area contributed by atoms with Crippen molar-refractivity contribution in [2.75, 3.05) is 57.8 Å². The Morgan fingerprint density at radius 3 is 2.72 bits per heavy atom. The fourth-order valence-corrected chi connectivity index (χ4v) is 8.97. The van der Waals surface area contributed by atoms with E-state index in [1.54, 1.807) is 20.3 Å². The standard InChI is InChI=1S/C37H45ClN2O6S/c1-25-22-47(42)39-36(41)27-9-13-35-32(20-27)40(23-37(24-46-35)16-6-7-26-19-29(38)10-12-31(26)37)21-28-8-11-30(28)34(44-3)15-14-33(25)45-18-5-4-17-43-2/h9-10,12-15,19-20,25,28,30,33-34,47H,6-8,11,16-18,21-24H2,1-3H3/b15-14+/t25-,28+,30-,33+,34+,37+/m1/s1. The molecule has 1 fully saturated rings. The molecular weight excluding hydrogens is 636 g/mol. The summed E-state index contributed by atoms with van der Waals surface area (Å²) in [5, 5.41) is 0.755. The van der Waals surface area contributed by atoms with Crippen LogP contribution in [-0.4, -0.2) is 75.2 Å². The number of amides is 1. The molecule has 0 N–H and O–H groups in total. The largest absolute Gasteiger partial charge is 0.490 e. The lowest BCUT2D eigenvalue weighted by Crippen LogP contribution is -2.49. The number of benzene rings is 2. The average Bonchev–Trinajstić information content (AvgIpc) is 3.19. The van der Waals surface area contributed by atoms with Gasteiger partial charge in [-0.2, -0.15) is 4.36 Å². The summed E-state index contributed by atoms with van der Waals surface area (Å²) in [7, 11) is 1.19. The Balaban J connectivity index is 1.37. The van der Waals surface area contributed by atoms with Gasteiger partial charge in [-0.15, -0.1) is 0 Å². The minimum atomic E-state index is -2.17. The molecule has 2 bridgehead atoms. The van der Waals surface area contributed by atoms with Gasteiger partial charge in [0, 0.05) is 59.7 Å². The number of hydrogen-bond acceptors (Lipinski definition) is 7. The summed E-state index contributed by atoms with van der Waals surface area (Å²) < 4.78 is 41.2. The number of halogens is 1. The van der Waals surface area contributed by atoms with Crippen molar-refractivity contribution in [1.82, 2.24) is 0 Å². The summed E-state index contributed by atoms with van der Waals surface area (Å²) in [4.78, 5) is 15.9. The summed E-state index contributed by atoms with van der Waals surface area (Å²) in [6.07, 6.45) is 8.85. The highest BCUT2D eigenvalue weighted by Crippen LogP contribution is 2.47. The van der Waals surface area contributed by atoms with Crippen molar-refractivity contribution in [2.24, 2.45) is 22.1 Å². The second kappa shape index (κ2) is 15.1. The van der Waals surface area contributed by atoms with Crippen LogP contribution in [0.15, 0.2) is 52.9 Å². The lowest BCUT2D eigenvalue weighted by molar-refractivity contribution is 0.0116. The molecule has 4 aliphatic rings. The van der Waals surface area contributed by atoms with E-state index in [9.17, 15) is 9.00 Å². The number of aryl methyl sites for hydroxylation is 1. The summed E-state index contributed by atoms with van der Waals surface area (Å²) >= 11 is 6.44. The smallest absolute Gasteiger partial charge is 0.284 e. The molecule has 10 heteroatoms. The molecule has 1 spiro atoms. The summed E-state index contributed by atoms with van der Waals surface area (Å²) in [6.45, 7) is 4.60. The first-order valence-electron chi connectivity index (χ1n) is 16.6. The average molecular weight is 681 g/mol. The molecule has 7 atom stereocenters. The Bertz CT molecular complexity index is 1640. The Hall–Kier alpha value is -2.87. The number of hydrogen-bond donors (Lipinski definition) is 1. The number of fused-ring (bicyclic) bond motifs is 4. The van der Waals surface area contributed by atoms with Crippen molar-refractivity contribution in [1.29, 1.82) is 0 Å². The predicted octanol–water partition coefficient (Wildman–Crippen LogP) is 5.90. The molecule has 2 aromatic carbocycles. The van der Waals surface area contributed by atoms with Gasteiger partial charge in [0.25, 0.3) is 5.91 Å². The lowest BCUT2D eigenvalue weighted by atomic mass is 9.68. The van der Waals surface area contributed by atoms with Crippen molar-refractivity contribution in [3.63, 3.8) is 0 Å². The van der Waals surface area contributed by atoms with Crippen molar-refractivity contribution in [3.8, 4) is 17.6 Å². The van der Waals surface area contributed by atoms with Crippen LogP contribution in [0.1, 0.15) is 54.1 Å².